The van der Waals surface area contributed by atoms with Crippen LogP contribution in [0.1, 0.15) is 0 Å². The Morgan fingerprint density at radius 3 is 1.91 bits per heavy atom. The first-order chi connectivity index (χ1) is 10.8. The maximum atomic E-state index is 10.1. The van der Waals surface area contributed by atoms with Gasteiger partial charge >= 0.3 is 7.12 Å². The highest BCUT2D eigenvalue weighted by molar-refractivity contribution is 6.61. The molecule has 3 aromatic carbocycles. The van der Waals surface area contributed by atoms with Crippen molar-refractivity contribution >= 4 is 12.6 Å². The molecule has 1 N–H and O–H groups in total. The molecule has 0 amide bonds. The van der Waals surface area contributed by atoms with Gasteiger partial charge in [-0.05, 0) is 33.8 Å². The van der Waals surface area contributed by atoms with Crippen LogP contribution in [0.5, 0.6) is 0 Å². The van der Waals surface area contributed by atoms with E-state index in [0.717, 1.165) is 27.7 Å². The number of hydrogen-bond donors (Lipinski definition) is 1. The van der Waals surface area contributed by atoms with Gasteiger partial charge in [-0.3, -0.25) is 0 Å². The largest absolute Gasteiger partial charge is 0.491 e. The Morgan fingerprint density at radius 2 is 1.32 bits per heavy atom. The fourth-order valence-electron chi connectivity index (χ4n) is 2.58. The number of benzene rings is 3. The minimum Gasteiger partial charge on any atom is -0.423 e. The van der Waals surface area contributed by atoms with Gasteiger partial charge in [0.2, 0.25) is 0 Å². The van der Waals surface area contributed by atoms with E-state index in [1.807, 2.05) is 60.7 Å². The highest BCUT2D eigenvalue weighted by atomic mass is 16.5. The van der Waals surface area contributed by atoms with Gasteiger partial charge in [0.15, 0.2) is 0 Å². The fourth-order valence-corrected chi connectivity index (χ4v) is 2.58. The summed E-state index contributed by atoms with van der Waals surface area (Å²) in [5.74, 6) is 0. The quantitative estimate of drug-likeness (QED) is 0.746. The molecule has 0 heterocycles. The number of rotatable bonds is 4. The lowest BCUT2D eigenvalue weighted by molar-refractivity contribution is 0.342. The van der Waals surface area contributed by atoms with E-state index in [4.69, 9.17) is 4.65 Å². The van der Waals surface area contributed by atoms with Crippen molar-refractivity contribution < 1.29 is 9.68 Å². The second-order valence-corrected chi connectivity index (χ2v) is 5.12. The maximum Gasteiger partial charge on any atom is 0.491 e. The summed E-state index contributed by atoms with van der Waals surface area (Å²) in [5, 5.41) is 10.1. The van der Waals surface area contributed by atoms with Crippen molar-refractivity contribution in [2.45, 2.75) is 0 Å². The summed E-state index contributed by atoms with van der Waals surface area (Å²) in [6.45, 7) is 0. The molecule has 0 fully saturated rings. The molecule has 0 unspecified atom stereocenters. The molecule has 0 saturated carbocycles. The molecule has 0 radical (unpaired) electrons. The van der Waals surface area contributed by atoms with Crippen LogP contribution in [-0.2, 0) is 4.65 Å². The summed E-state index contributed by atoms with van der Waals surface area (Å²) in [7, 11) is 0.574. The summed E-state index contributed by atoms with van der Waals surface area (Å²) >= 11 is 0. The molecule has 0 aliphatic carbocycles. The predicted octanol–water partition coefficient (Wildman–Crippen LogP) is 3.35. The summed E-state index contributed by atoms with van der Waals surface area (Å²) in [5.41, 5.74) is 5.08. The van der Waals surface area contributed by atoms with Crippen LogP contribution in [0.2, 0.25) is 0 Å². The summed E-state index contributed by atoms with van der Waals surface area (Å²) in [6, 6.07) is 26.3. The zero-order valence-corrected chi connectivity index (χ0v) is 12.4. The van der Waals surface area contributed by atoms with Crippen molar-refractivity contribution in [2.24, 2.45) is 0 Å². The van der Waals surface area contributed by atoms with Crippen molar-refractivity contribution in [1.82, 2.24) is 0 Å². The van der Waals surface area contributed by atoms with Crippen molar-refractivity contribution in [1.29, 1.82) is 0 Å². The average molecular weight is 288 g/mol. The molecule has 0 aromatic heterocycles. The molecular formula is C19H17BO2. The molecule has 3 heteroatoms. The fraction of sp³-hybridized carbons (Fsp3) is 0.0526. The Labute approximate surface area is 131 Å². The van der Waals surface area contributed by atoms with Crippen LogP contribution >= 0.6 is 0 Å². The Kier molecular flexibility index (Phi) is 4.38. The molecule has 22 heavy (non-hydrogen) atoms. The van der Waals surface area contributed by atoms with Crippen LogP contribution < -0.4 is 5.46 Å². The normalized spacial score (nSPS) is 10.5. The van der Waals surface area contributed by atoms with Crippen LogP contribution in [0, 0.1) is 0 Å². The van der Waals surface area contributed by atoms with E-state index in [-0.39, 0.29) is 0 Å². The van der Waals surface area contributed by atoms with Gasteiger partial charge in [0.05, 0.1) is 0 Å². The van der Waals surface area contributed by atoms with E-state index in [2.05, 4.69) is 18.2 Å². The zero-order valence-electron chi connectivity index (χ0n) is 12.4. The Balaban J connectivity index is 2.15. The topological polar surface area (TPSA) is 29.5 Å². The van der Waals surface area contributed by atoms with Crippen molar-refractivity contribution in [3.63, 3.8) is 0 Å². The van der Waals surface area contributed by atoms with Gasteiger partial charge in [0.1, 0.15) is 0 Å². The van der Waals surface area contributed by atoms with Gasteiger partial charge in [-0.1, -0.05) is 72.8 Å². The Hall–Kier alpha value is -2.36. The first kappa shape index (κ1) is 14.6. The summed E-state index contributed by atoms with van der Waals surface area (Å²) < 4.78 is 5.10. The second kappa shape index (κ2) is 6.61. The molecule has 0 aliphatic rings. The predicted molar refractivity (Wildman–Crippen MR) is 91.9 cm³/mol. The summed E-state index contributed by atoms with van der Waals surface area (Å²) in [6.07, 6.45) is 0. The smallest absolute Gasteiger partial charge is 0.423 e. The molecule has 0 aliphatic heterocycles. The number of hydrogen-bond acceptors (Lipinski definition) is 2. The maximum absolute atomic E-state index is 10.1. The zero-order chi connectivity index (χ0) is 15.4. The third-order valence-corrected chi connectivity index (χ3v) is 3.73. The first-order valence-corrected chi connectivity index (χ1v) is 7.25. The minimum absolute atomic E-state index is 0.772. The van der Waals surface area contributed by atoms with Gasteiger partial charge in [0.25, 0.3) is 0 Å². The van der Waals surface area contributed by atoms with E-state index in [9.17, 15) is 5.02 Å². The van der Waals surface area contributed by atoms with Crippen LogP contribution in [0.15, 0.2) is 78.9 Å². The van der Waals surface area contributed by atoms with Gasteiger partial charge in [-0.2, -0.15) is 0 Å². The Morgan fingerprint density at radius 1 is 0.727 bits per heavy atom. The van der Waals surface area contributed by atoms with E-state index < -0.39 is 7.12 Å². The first-order valence-electron chi connectivity index (χ1n) is 7.25. The van der Waals surface area contributed by atoms with Crippen LogP contribution in [-0.4, -0.2) is 19.3 Å². The molecule has 108 valence electrons. The lowest BCUT2D eigenvalue weighted by atomic mass is 9.74. The van der Waals surface area contributed by atoms with Crippen molar-refractivity contribution in [2.75, 3.05) is 7.11 Å². The third kappa shape index (κ3) is 2.96. The van der Waals surface area contributed by atoms with Gasteiger partial charge in [-0.15, -0.1) is 0 Å². The standard InChI is InChI=1S/C19H17BO2/c1-22-20(21)19-13-12-17(15-8-4-2-5-9-15)14-18(19)16-10-6-3-7-11-16/h2-14,21H,1H3. The van der Waals surface area contributed by atoms with E-state index in [1.54, 1.807) is 0 Å². The van der Waals surface area contributed by atoms with Crippen molar-refractivity contribution in [3.05, 3.63) is 78.9 Å². The van der Waals surface area contributed by atoms with E-state index >= 15 is 0 Å². The van der Waals surface area contributed by atoms with E-state index in [0.29, 0.717) is 0 Å². The molecule has 0 bridgehead atoms. The minimum atomic E-state index is -0.931. The monoisotopic (exact) mass is 288 g/mol. The van der Waals surface area contributed by atoms with Gasteiger partial charge < -0.3 is 9.68 Å². The highest BCUT2D eigenvalue weighted by Crippen LogP contribution is 2.25. The Bertz CT molecular complexity index is 742. The van der Waals surface area contributed by atoms with Crippen LogP contribution in [0.4, 0.5) is 0 Å². The lowest BCUT2D eigenvalue weighted by Crippen LogP contribution is -2.33. The van der Waals surface area contributed by atoms with Crippen molar-refractivity contribution in [3.8, 4) is 22.3 Å². The molecule has 0 saturated heterocycles. The third-order valence-electron chi connectivity index (χ3n) is 3.73. The molecule has 3 rings (SSSR count). The average Bonchev–Trinajstić information content (AvgIpc) is 2.62. The van der Waals surface area contributed by atoms with Gasteiger partial charge in [-0.25, -0.2) is 0 Å². The molecule has 0 atom stereocenters. The molecule has 2 nitrogen and oxygen atoms in total. The van der Waals surface area contributed by atoms with Gasteiger partial charge in [0, 0.05) is 7.11 Å². The lowest BCUT2D eigenvalue weighted by Gasteiger charge is -2.13. The molecule has 3 aromatic rings. The molecule has 0 spiro atoms. The van der Waals surface area contributed by atoms with E-state index in [1.165, 1.54) is 7.11 Å². The summed E-state index contributed by atoms with van der Waals surface area (Å²) in [4.78, 5) is 0. The van der Waals surface area contributed by atoms with Crippen LogP contribution in [0.25, 0.3) is 22.3 Å². The second-order valence-electron chi connectivity index (χ2n) is 5.12. The van der Waals surface area contributed by atoms with Crippen LogP contribution in [0.3, 0.4) is 0 Å². The molecular weight excluding hydrogens is 271 g/mol. The SMILES string of the molecule is COB(O)c1ccc(-c2ccccc2)cc1-c1ccccc1. The highest BCUT2D eigenvalue weighted by Gasteiger charge is 2.20.